The molecule has 0 spiro atoms. The van der Waals surface area contributed by atoms with Gasteiger partial charge < -0.3 is 4.90 Å². The van der Waals surface area contributed by atoms with Crippen molar-refractivity contribution in [2.24, 2.45) is 0 Å². The molecular formula is C22H21N3O. The van der Waals surface area contributed by atoms with Crippen molar-refractivity contribution in [1.82, 2.24) is 9.36 Å². The van der Waals surface area contributed by atoms with E-state index in [-0.39, 0.29) is 5.56 Å². The van der Waals surface area contributed by atoms with Crippen molar-refractivity contribution in [2.75, 3.05) is 19.0 Å². The zero-order valence-corrected chi connectivity index (χ0v) is 15.0. The Morgan fingerprint density at radius 2 is 1.46 bits per heavy atom. The second-order valence-electron chi connectivity index (χ2n) is 6.59. The number of hydrogen-bond donors (Lipinski definition) is 0. The standard InChI is InChI=1S/C22H21N3O/c1-23(2)18-12-14-19(15-13-18)25-22(26)20-10-6-7-11-21(20)24(25)16-17-8-4-3-5-9-17/h3-15H,16H2,1-2H3. The maximum Gasteiger partial charge on any atom is 0.279 e. The SMILES string of the molecule is CN(C)c1ccc(-n2c(=O)c3ccccc3n2Cc2ccccc2)cc1. The molecule has 0 fully saturated rings. The minimum atomic E-state index is 0.00846. The van der Waals surface area contributed by atoms with Crippen LogP contribution in [0.5, 0.6) is 0 Å². The number of para-hydroxylation sites is 1. The summed E-state index contributed by atoms with van der Waals surface area (Å²) in [4.78, 5) is 15.1. The Balaban J connectivity index is 1.91. The number of fused-ring (bicyclic) bond motifs is 1. The number of rotatable bonds is 4. The summed E-state index contributed by atoms with van der Waals surface area (Å²) in [6.07, 6.45) is 0. The van der Waals surface area contributed by atoms with Crippen LogP contribution in [0, 0.1) is 0 Å². The molecule has 0 amide bonds. The van der Waals surface area contributed by atoms with Crippen LogP contribution in [0.1, 0.15) is 5.56 Å². The van der Waals surface area contributed by atoms with Gasteiger partial charge in [-0.25, -0.2) is 4.68 Å². The molecule has 0 aliphatic carbocycles. The Hall–Kier alpha value is -3.27. The van der Waals surface area contributed by atoms with Crippen molar-refractivity contribution in [2.45, 2.75) is 6.54 Å². The summed E-state index contributed by atoms with van der Waals surface area (Å²) >= 11 is 0. The minimum absolute atomic E-state index is 0.00846. The molecule has 1 heterocycles. The summed E-state index contributed by atoms with van der Waals surface area (Å²) in [6, 6.07) is 26.1. The lowest BCUT2D eigenvalue weighted by molar-refractivity contribution is 0.612. The highest BCUT2D eigenvalue weighted by Gasteiger charge is 2.14. The zero-order valence-electron chi connectivity index (χ0n) is 15.0. The van der Waals surface area contributed by atoms with Gasteiger partial charge in [-0.2, -0.15) is 0 Å². The molecule has 3 aromatic carbocycles. The predicted octanol–water partition coefficient (Wildman–Crippen LogP) is 3.91. The zero-order chi connectivity index (χ0) is 18.1. The van der Waals surface area contributed by atoms with Crippen LogP contribution >= 0.6 is 0 Å². The average molecular weight is 343 g/mol. The molecule has 0 unspecified atom stereocenters. The molecule has 130 valence electrons. The topological polar surface area (TPSA) is 30.2 Å². The van der Waals surface area contributed by atoms with Crippen LogP contribution in [0.15, 0.2) is 83.7 Å². The van der Waals surface area contributed by atoms with Gasteiger partial charge in [0.15, 0.2) is 0 Å². The summed E-state index contributed by atoms with van der Waals surface area (Å²) in [5.74, 6) is 0. The molecule has 4 rings (SSSR count). The smallest absolute Gasteiger partial charge is 0.279 e. The monoisotopic (exact) mass is 343 g/mol. The quantitative estimate of drug-likeness (QED) is 0.562. The van der Waals surface area contributed by atoms with Crippen LogP contribution in [0.2, 0.25) is 0 Å². The highest BCUT2D eigenvalue weighted by atomic mass is 16.1. The lowest BCUT2D eigenvalue weighted by atomic mass is 10.2. The fraction of sp³-hybridized carbons (Fsp3) is 0.136. The van der Waals surface area contributed by atoms with Gasteiger partial charge in [-0.1, -0.05) is 42.5 Å². The first-order valence-corrected chi connectivity index (χ1v) is 8.67. The highest BCUT2D eigenvalue weighted by Crippen LogP contribution is 2.19. The summed E-state index contributed by atoms with van der Waals surface area (Å²) in [6.45, 7) is 0.638. The normalized spacial score (nSPS) is 11.0. The van der Waals surface area contributed by atoms with E-state index in [1.807, 2.05) is 85.7 Å². The molecule has 0 saturated heterocycles. The summed E-state index contributed by atoms with van der Waals surface area (Å²) in [7, 11) is 4.02. The molecule has 4 heteroatoms. The predicted molar refractivity (Wildman–Crippen MR) is 107 cm³/mol. The first-order valence-electron chi connectivity index (χ1n) is 8.67. The largest absolute Gasteiger partial charge is 0.378 e. The second kappa shape index (κ2) is 6.56. The molecule has 26 heavy (non-hydrogen) atoms. The van der Waals surface area contributed by atoms with Gasteiger partial charge >= 0.3 is 0 Å². The van der Waals surface area contributed by atoms with E-state index in [2.05, 4.69) is 16.8 Å². The lowest BCUT2D eigenvalue weighted by Gasteiger charge is -2.15. The first kappa shape index (κ1) is 16.2. The summed E-state index contributed by atoms with van der Waals surface area (Å²) < 4.78 is 3.83. The Bertz CT molecular complexity index is 1090. The van der Waals surface area contributed by atoms with Crippen LogP contribution in [0.4, 0.5) is 5.69 Å². The van der Waals surface area contributed by atoms with Gasteiger partial charge in [0, 0.05) is 19.8 Å². The number of nitrogens with zero attached hydrogens (tertiary/aromatic N) is 3. The van der Waals surface area contributed by atoms with Crippen molar-refractivity contribution in [3.63, 3.8) is 0 Å². The summed E-state index contributed by atoms with van der Waals surface area (Å²) in [5, 5.41) is 0.736. The molecule has 1 aromatic heterocycles. The first-order chi connectivity index (χ1) is 12.6. The van der Waals surface area contributed by atoms with Crippen molar-refractivity contribution in [1.29, 1.82) is 0 Å². The van der Waals surface area contributed by atoms with E-state index in [1.54, 1.807) is 4.68 Å². The van der Waals surface area contributed by atoms with E-state index >= 15 is 0 Å². The molecule has 0 aliphatic rings. The van der Waals surface area contributed by atoms with Gasteiger partial charge in [-0.05, 0) is 42.0 Å². The number of aromatic nitrogens is 2. The third-order valence-corrected chi connectivity index (χ3v) is 4.63. The Kier molecular flexibility index (Phi) is 4.09. The lowest BCUT2D eigenvalue weighted by Crippen LogP contribution is -2.22. The van der Waals surface area contributed by atoms with E-state index in [0.29, 0.717) is 6.54 Å². The third-order valence-electron chi connectivity index (χ3n) is 4.63. The third kappa shape index (κ3) is 2.80. The second-order valence-corrected chi connectivity index (χ2v) is 6.59. The number of benzene rings is 3. The number of hydrogen-bond acceptors (Lipinski definition) is 2. The van der Waals surface area contributed by atoms with Crippen LogP contribution in [0.3, 0.4) is 0 Å². The molecule has 4 aromatic rings. The van der Waals surface area contributed by atoms with E-state index in [0.717, 1.165) is 27.8 Å². The van der Waals surface area contributed by atoms with Crippen LogP contribution in [-0.4, -0.2) is 23.5 Å². The van der Waals surface area contributed by atoms with E-state index in [4.69, 9.17) is 0 Å². The molecule has 0 N–H and O–H groups in total. The fourth-order valence-electron chi connectivity index (χ4n) is 3.27. The van der Waals surface area contributed by atoms with Crippen molar-refractivity contribution >= 4 is 16.6 Å². The van der Waals surface area contributed by atoms with Crippen LogP contribution in [-0.2, 0) is 6.54 Å². The van der Waals surface area contributed by atoms with Gasteiger partial charge in [0.2, 0.25) is 0 Å². The van der Waals surface area contributed by atoms with E-state index in [9.17, 15) is 4.79 Å². The van der Waals surface area contributed by atoms with Crippen LogP contribution in [0.25, 0.3) is 16.6 Å². The molecule has 0 bridgehead atoms. The van der Waals surface area contributed by atoms with E-state index < -0.39 is 0 Å². The van der Waals surface area contributed by atoms with Crippen molar-refractivity contribution in [3.8, 4) is 5.69 Å². The average Bonchev–Trinajstić information content (AvgIpc) is 2.95. The van der Waals surface area contributed by atoms with Crippen molar-refractivity contribution < 1.29 is 0 Å². The van der Waals surface area contributed by atoms with Crippen molar-refractivity contribution in [3.05, 3.63) is 94.8 Å². The van der Waals surface area contributed by atoms with Gasteiger partial charge in [-0.3, -0.25) is 9.48 Å². The Morgan fingerprint density at radius 1 is 0.808 bits per heavy atom. The molecule has 0 radical (unpaired) electrons. The van der Waals surface area contributed by atoms with Gasteiger partial charge in [-0.15, -0.1) is 0 Å². The highest BCUT2D eigenvalue weighted by molar-refractivity contribution is 5.79. The maximum absolute atomic E-state index is 13.1. The van der Waals surface area contributed by atoms with Gasteiger partial charge in [0.05, 0.1) is 23.1 Å². The summed E-state index contributed by atoms with van der Waals surface area (Å²) in [5.41, 5.74) is 4.08. The molecule has 0 saturated carbocycles. The van der Waals surface area contributed by atoms with E-state index in [1.165, 1.54) is 0 Å². The molecule has 0 atom stereocenters. The Morgan fingerprint density at radius 3 is 2.15 bits per heavy atom. The fourth-order valence-corrected chi connectivity index (χ4v) is 3.27. The Labute approximate surface area is 152 Å². The number of anilines is 1. The van der Waals surface area contributed by atoms with Crippen LogP contribution < -0.4 is 10.5 Å². The molecule has 4 nitrogen and oxygen atoms in total. The maximum atomic E-state index is 13.1. The van der Waals surface area contributed by atoms with Gasteiger partial charge in [0.1, 0.15) is 0 Å². The van der Waals surface area contributed by atoms with Gasteiger partial charge in [0.25, 0.3) is 5.56 Å². The molecule has 0 aliphatic heterocycles. The molecular weight excluding hydrogens is 322 g/mol. The minimum Gasteiger partial charge on any atom is -0.378 e.